The number of nitrogens with two attached hydrogens (primary N) is 1. The SMILES string of the molecule is N[C@@H]1CC[C@H](CS(=O)(=O)F)C1. The average Bonchev–Trinajstić information content (AvgIpc) is 2.10. The quantitative estimate of drug-likeness (QED) is 0.628. The molecule has 0 spiro atoms. The van der Waals surface area contributed by atoms with Gasteiger partial charge in [0.25, 0.3) is 0 Å². The second-order valence-electron chi connectivity index (χ2n) is 3.14. The molecule has 1 aliphatic rings. The zero-order valence-corrected chi connectivity index (χ0v) is 6.98. The fraction of sp³-hybridized carbons (Fsp3) is 1.00. The number of hydrogen-bond donors (Lipinski definition) is 1. The topological polar surface area (TPSA) is 60.2 Å². The molecule has 0 radical (unpaired) electrons. The van der Waals surface area contributed by atoms with Crippen LogP contribution < -0.4 is 5.73 Å². The molecule has 0 amide bonds. The highest BCUT2D eigenvalue weighted by Gasteiger charge is 2.26. The summed E-state index contributed by atoms with van der Waals surface area (Å²) in [5, 5.41) is 0. The minimum Gasteiger partial charge on any atom is -0.328 e. The summed E-state index contributed by atoms with van der Waals surface area (Å²) in [5.41, 5.74) is 5.53. The van der Waals surface area contributed by atoms with Gasteiger partial charge in [-0.15, -0.1) is 3.89 Å². The lowest BCUT2D eigenvalue weighted by Crippen LogP contribution is -2.16. The van der Waals surface area contributed by atoms with E-state index in [0.717, 1.165) is 12.8 Å². The number of hydrogen-bond acceptors (Lipinski definition) is 3. The summed E-state index contributed by atoms with van der Waals surface area (Å²) in [5.74, 6) is -0.402. The summed E-state index contributed by atoms with van der Waals surface area (Å²) in [4.78, 5) is 0. The molecule has 0 heterocycles. The van der Waals surface area contributed by atoms with Crippen molar-refractivity contribution in [2.75, 3.05) is 5.75 Å². The number of halogens is 1. The molecule has 0 aromatic heterocycles. The molecular weight excluding hydrogens is 169 g/mol. The zero-order valence-electron chi connectivity index (χ0n) is 6.16. The molecule has 0 aliphatic heterocycles. The van der Waals surface area contributed by atoms with Crippen molar-refractivity contribution in [3.8, 4) is 0 Å². The van der Waals surface area contributed by atoms with Crippen molar-refractivity contribution >= 4 is 10.2 Å². The van der Waals surface area contributed by atoms with Crippen LogP contribution in [0.4, 0.5) is 3.89 Å². The molecular formula is C6H12FNO2S. The van der Waals surface area contributed by atoms with Crippen molar-refractivity contribution in [1.82, 2.24) is 0 Å². The monoisotopic (exact) mass is 181 g/mol. The summed E-state index contributed by atoms with van der Waals surface area (Å²) in [6.07, 6.45) is 2.20. The van der Waals surface area contributed by atoms with Crippen LogP contribution in [0.3, 0.4) is 0 Å². The Balaban J connectivity index is 2.41. The predicted octanol–water partition coefficient (Wildman–Crippen LogP) is 0.413. The Morgan fingerprint density at radius 3 is 2.45 bits per heavy atom. The Hall–Kier alpha value is -0.160. The minimum absolute atomic E-state index is 0.0556. The smallest absolute Gasteiger partial charge is 0.302 e. The van der Waals surface area contributed by atoms with Crippen LogP contribution in [0.2, 0.25) is 0 Å². The van der Waals surface area contributed by atoms with Crippen LogP contribution in [0.1, 0.15) is 19.3 Å². The first-order valence-corrected chi connectivity index (χ1v) is 5.20. The van der Waals surface area contributed by atoms with Gasteiger partial charge in [0.15, 0.2) is 0 Å². The molecule has 0 aromatic carbocycles. The second-order valence-corrected chi connectivity index (χ2v) is 4.56. The van der Waals surface area contributed by atoms with Gasteiger partial charge in [-0.05, 0) is 25.2 Å². The van der Waals surface area contributed by atoms with Crippen LogP contribution in [0, 0.1) is 5.92 Å². The average molecular weight is 181 g/mol. The first-order chi connectivity index (χ1) is 4.97. The van der Waals surface area contributed by atoms with Crippen molar-refractivity contribution in [2.24, 2.45) is 11.7 Å². The lowest BCUT2D eigenvalue weighted by atomic mass is 10.1. The first kappa shape index (κ1) is 8.93. The standard InChI is InChI=1S/C6H12FNO2S/c7-11(9,10)4-5-1-2-6(8)3-5/h5-6H,1-4,8H2/t5-,6+/m0/s1. The van der Waals surface area contributed by atoms with E-state index in [0.29, 0.717) is 6.42 Å². The minimum atomic E-state index is -4.29. The molecule has 0 aromatic rings. The van der Waals surface area contributed by atoms with Gasteiger partial charge < -0.3 is 5.73 Å². The van der Waals surface area contributed by atoms with E-state index >= 15 is 0 Å². The Kier molecular flexibility index (Phi) is 2.49. The van der Waals surface area contributed by atoms with Crippen molar-refractivity contribution < 1.29 is 12.3 Å². The molecule has 66 valence electrons. The van der Waals surface area contributed by atoms with E-state index in [4.69, 9.17) is 5.73 Å². The molecule has 1 saturated carbocycles. The van der Waals surface area contributed by atoms with Crippen molar-refractivity contribution in [1.29, 1.82) is 0 Å². The fourth-order valence-corrected chi connectivity index (χ4v) is 2.41. The van der Waals surface area contributed by atoms with Gasteiger partial charge in [0.2, 0.25) is 0 Å². The normalized spacial score (nSPS) is 32.5. The maximum absolute atomic E-state index is 12.1. The molecule has 1 fully saturated rings. The summed E-state index contributed by atoms with van der Waals surface area (Å²) >= 11 is 0. The molecule has 0 bridgehead atoms. The number of rotatable bonds is 2. The Labute approximate surface area is 66.0 Å². The highest BCUT2D eigenvalue weighted by Crippen LogP contribution is 2.25. The molecule has 3 nitrogen and oxygen atoms in total. The van der Waals surface area contributed by atoms with Gasteiger partial charge in [-0.1, -0.05) is 0 Å². The van der Waals surface area contributed by atoms with E-state index in [9.17, 15) is 12.3 Å². The molecule has 1 aliphatic carbocycles. The van der Waals surface area contributed by atoms with E-state index in [1.165, 1.54) is 0 Å². The third kappa shape index (κ3) is 3.16. The zero-order chi connectivity index (χ0) is 8.48. The Morgan fingerprint density at radius 2 is 2.09 bits per heavy atom. The maximum atomic E-state index is 12.1. The lowest BCUT2D eigenvalue weighted by molar-refractivity contribution is 0.520. The largest absolute Gasteiger partial charge is 0.328 e. The van der Waals surface area contributed by atoms with Gasteiger partial charge >= 0.3 is 10.2 Å². The van der Waals surface area contributed by atoms with Crippen LogP contribution in [0.15, 0.2) is 0 Å². The van der Waals surface area contributed by atoms with Crippen LogP contribution >= 0.6 is 0 Å². The van der Waals surface area contributed by atoms with Crippen molar-refractivity contribution in [3.05, 3.63) is 0 Å². The highest BCUT2D eigenvalue weighted by molar-refractivity contribution is 7.86. The Morgan fingerprint density at radius 1 is 1.45 bits per heavy atom. The van der Waals surface area contributed by atoms with Gasteiger partial charge in [0.1, 0.15) is 0 Å². The molecule has 11 heavy (non-hydrogen) atoms. The van der Waals surface area contributed by atoms with Crippen LogP contribution in [-0.4, -0.2) is 20.2 Å². The fourth-order valence-electron chi connectivity index (χ4n) is 1.55. The summed E-state index contributed by atoms with van der Waals surface area (Å²) in [7, 11) is -4.29. The van der Waals surface area contributed by atoms with Gasteiger partial charge in [-0.3, -0.25) is 0 Å². The van der Waals surface area contributed by atoms with E-state index in [1.807, 2.05) is 0 Å². The Bertz CT molecular complexity index is 227. The lowest BCUT2D eigenvalue weighted by Gasteiger charge is -2.03. The van der Waals surface area contributed by atoms with Crippen LogP contribution in [0.25, 0.3) is 0 Å². The third-order valence-corrected chi connectivity index (χ3v) is 2.89. The van der Waals surface area contributed by atoms with E-state index in [2.05, 4.69) is 0 Å². The van der Waals surface area contributed by atoms with E-state index < -0.39 is 10.2 Å². The molecule has 1 rings (SSSR count). The van der Waals surface area contributed by atoms with Gasteiger partial charge in [0, 0.05) is 6.04 Å². The van der Waals surface area contributed by atoms with Gasteiger partial charge in [-0.2, -0.15) is 8.42 Å². The molecule has 0 unspecified atom stereocenters. The summed E-state index contributed by atoms with van der Waals surface area (Å²) in [6.45, 7) is 0. The van der Waals surface area contributed by atoms with Gasteiger partial charge in [-0.25, -0.2) is 0 Å². The first-order valence-electron chi connectivity index (χ1n) is 3.65. The molecule has 2 N–H and O–H groups in total. The van der Waals surface area contributed by atoms with E-state index in [-0.39, 0.29) is 17.7 Å². The highest BCUT2D eigenvalue weighted by atomic mass is 32.3. The van der Waals surface area contributed by atoms with Crippen LogP contribution in [-0.2, 0) is 10.2 Å². The third-order valence-electron chi connectivity index (χ3n) is 2.02. The summed E-state index contributed by atoms with van der Waals surface area (Å²) in [6, 6.07) is 0.0711. The van der Waals surface area contributed by atoms with E-state index in [1.54, 1.807) is 0 Å². The molecule has 5 heteroatoms. The van der Waals surface area contributed by atoms with Gasteiger partial charge in [0.05, 0.1) is 5.75 Å². The maximum Gasteiger partial charge on any atom is 0.302 e. The molecule has 0 saturated heterocycles. The second kappa shape index (κ2) is 3.06. The van der Waals surface area contributed by atoms with Crippen molar-refractivity contribution in [2.45, 2.75) is 25.3 Å². The predicted molar refractivity (Wildman–Crippen MR) is 40.2 cm³/mol. The van der Waals surface area contributed by atoms with Crippen LogP contribution in [0.5, 0.6) is 0 Å². The van der Waals surface area contributed by atoms with Crippen molar-refractivity contribution in [3.63, 3.8) is 0 Å². The summed E-state index contributed by atoms with van der Waals surface area (Å²) < 4.78 is 32.5. The molecule has 2 atom stereocenters.